The van der Waals surface area contributed by atoms with E-state index in [1.165, 1.54) is 0 Å². The van der Waals surface area contributed by atoms with E-state index in [1.807, 2.05) is 20.2 Å². The summed E-state index contributed by atoms with van der Waals surface area (Å²) in [7, 11) is 3.98. The number of benzene rings is 1. The van der Waals surface area contributed by atoms with Gasteiger partial charge >= 0.3 is 0 Å². The molecule has 6 nitrogen and oxygen atoms in total. The third-order valence-electron chi connectivity index (χ3n) is 3.80. The smallest absolute Gasteiger partial charge is 0.228 e. The average Bonchev–Trinajstić information content (AvgIpc) is 3.32. The number of anilines is 1. The maximum atomic E-state index is 12.1. The minimum absolute atomic E-state index is 0.0466. The highest BCUT2D eigenvalue weighted by molar-refractivity contribution is 5.99. The number of carbonyl (C=O) groups is 2. The van der Waals surface area contributed by atoms with Crippen LogP contribution in [0.4, 0.5) is 5.69 Å². The minimum atomic E-state index is -0.269. The Labute approximate surface area is 136 Å². The lowest BCUT2D eigenvalue weighted by molar-refractivity contribution is -0.125. The molecule has 1 aromatic carbocycles. The normalized spacial score (nSPS) is 19.0. The zero-order chi connectivity index (χ0) is 16.8. The van der Waals surface area contributed by atoms with Crippen LogP contribution >= 0.6 is 0 Å². The van der Waals surface area contributed by atoms with Crippen molar-refractivity contribution in [2.75, 3.05) is 32.5 Å². The second-order valence-corrected chi connectivity index (χ2v) is 6.08. The van der Waals surface area contributed by atoms with Crippen molar-refractivity contribution in [3.63, 3.8) is 0 Å². The molecular formula is C17H22N4O2. The first-order chi connectivity index (χ1) is 11.0. The average molecular weight is 314 g/mol. The van der Waals surface area contributed by atoms with Gasteiger partial charge in [-0.15, -0.1) is 0 Å². The Morgan fingerprint density at radius 1 is 1.30 bits per heavy atom. The van der Waals surface area contributed by atoms with Crippen LogP contribution in [0.25, 0.3) is 0 Å². The van der Waals surface area contributed by atoms with Crippen LogP contribution in [0.1, 0.15) is 18.4 Å². The van der Waals surface area contributed by atoms with E-state index in [-0.39, 0.29) is 23.7 Å². The molecule has 0 heterocycles. The molecule has 2 unspecified atom stereocenters. The number of rotatable bonds is 7. The maximum absolute atomic E-state index is 12.1. The highest BCUT2D eigenvalue weighted by Gasteiger charge is 2.47. The Kier molecular flexibility index (Phi) is 5.72. The first-order valence-corrected chi connectivity index (χ1v) is 7.74. The largest absolute Gasteiger partial charge is 0.356 e. The van der Waals surface area contributed by atoms with Gasteiger partial charge in [0, 0.05) is 12.2 Å². The van der Waals surface area contributed by atoms with Crippen LogP contribution < -0.4 is 10.6 Å². The standard InChI is InChI=1S/C17H22N4O2/c1-21(2)8-4-7-19-16(22)14-10-15(14)17(23)20-13-6-3-5-12(9-13)11-18/h3,5-6,9,14-15H,4,7-8,10H2,1-2H3,(H,19,22)(H,20,23). The van der Waals surface area contributed by atoms with E-state index >= 15 is 0 Å². The molecule has 1 aliphatic carbocycles. The van der Waals surface area contributed by atoms with E-state index in [2.05, 4.69) is 15.5 Å². The first kappa shape index (κ1) is 17.0. The summed E-state index contributed by atoms with van der Waals surface area (Å²) in [6.45, 7) is 1.55. The first-order valence-electron chi connectivity index (χ1n) is 7.74. The van der Waals surface area contributed by atoms with Crippen molar-refractivity contribution in [1.82, 2.24) is 10.2 Å². The van der Waals surface area contributed by atoms with Crippen LogP contribution in [0.2, 0.25) is 0 Å². The van der Waals surface area contributed by atoms with Gasteiger partial charge in [0.15, 0.2) is 0 Å². The van der Waals surface area contributed by atoms with Crippen LogP contribution in [-0.2, 0) is 9.59 Å². The summed E-state index contributed by atoms with van der Waals surface area (Å²) in [5, 5.41) is 14.5. The molecule has 0 spiro atoms. The van der Waals surface area contributed by atoms with Crippen LogP contribution in [-0.4, -0.2) is 43.9 Å². The van der Waals surface area contributed by atoms with Gasteiger partial charge in [0.05, 0.1) is 23.5 Å². The third-order valence-corrected chi connectivity index (χ3v) is 3.80. The van der Waals surface area contributed by atoms with Crippen molar-refractivity contribution in [2.24, 2.45) is 11.8 Å². The quantitative estimate of drug-likeness (QED) is 0.741. The van der Waals surface area contributed by atoms with Gasteiger partial charge in [0.1, 0.15) is 0 Å². The predicted octanol–water partition coefficient (Wildman–Crippen LogP) is 1.20. The predicted molar refractivity (Wildman–Crippen MR) is 87.6 cm³/mol. The topological polar surface area (TPSA) is 85.2 Å². The Hall–Kier alpha value is -2.39. The van der Waals surface area contributed by atoms with Crippen LogP contribution in [0.3, 0.4) is 0 Å². The molecule has 1 fully saturated rings. The zero-order valence-corrected chi connectivity index (χ0v) is 13.5. The SMILES string of the molecule is CN(C)CCCNC(=O)C1CC1C(=O)Nc1cccc(C#N)c1. The van der Waals surface area contributed by atoms with E-state index in [4.69, 9.17) is 5.26 Å². The molecule has 122 valence electrons. The summed E-state index contributed by atoms with van der Waals surface area (Å²) < 4.78 is 0. The summed E-state index contributed by atoms with van der Waals surface area (Å²) in [5.74, 6) is -0.702. The molecular weight excluding hydrogens is 292 g/mol. The Morgan fingerprint density at radius 3 is 2.74 bits per heavy atom. The van der Waals surface area contributed by atoms with Crippen molar-refractivity contribution >= 4 is 17.5 Å². The second kappa shape index (κ2) is 7.75. The molecule has 0 aromatic heterocycles. The highest BCUT2D eigenvalue weighted by atomic mass is 16.2. The maximum Gasteiger partial charge on any atom is 0.228 e. The van der Waals surface area contributed by atoms with E-state index < -0.39 is 0 Å². The summed E-state index contributed by atoms with van der Waals surface area (Å²) in [6, 6.07) is 8.78. The number of hydrogen-bond acceptors (Lipinski definition) is 4. The van der Waals surface area contributed by atoms with Gasteiger partial charge in [-0.1, -0.05) is 6.07 Å². The molecule has 23 heavy (non-hydrogen) atoms. The Bertz CT molecular complexity index is 621. The molecule has 2 rings (SSSR count). The summed E-state index contributed by atoms with van der Waals surface area (Å²) in [4.78, 5) is 26.2. The molecule has 1 aliphatic rings. The molecule has 2 N–H and O–H groups in total. The highest BCUT2D eigenvalue weighted by Crippen LogP contribution is 2.39. The van der Waals surface area contributed by atoms with Gasteiger partial charge in [0.2, 0.25) is 11.8 Å². The fourth-order valence-electron chi connectivity index (χ4n) is 2.41. The van der Waals surface area contributed by atoms with Gasteiger partial charge in [0.25, 0.3) is 0 Å². The van der Waals surface area contributed by atoms with Crippen LogP contribution in [0.15, 0.2) is 24.3 Å². The van der Waals surface area contributed by atoms with E-state index in [0.29, 0.717) is 24.2 Å². The van der Waals surface area contributed by atoms with Gasteiger partial charge < -0.3 is 15.5 Å². The summed E-state index contributed by atoms with van der Waals surface area (Å²) in [6.07, 6.45) is 1.48. The zero-order valence-electron chi connectivity index (χ0n) is 13.5. The van der Waals surface area contributed by atoms with Crippen molar-refractivity contribution in [3.05, 3.63) is 29.8 Å². The van der Waals surface area contributed by atoms with Crippen molar-refractivity contribution in [2.45, 2.75) is 12.8 Å². The van der Waals surface area contributed by atoms with Gasteiger partial charge in [-0.2, -0.15) is 5.26 Å². The second-order valence-electron chi connectivity index (χ2n) is 6.08. The molecule has 6 heteroatoms. The van der Waals surface area contributed by atoms with Gasteiger partial charge in [-0.25, -0.2) is 0 Å². The number of nitriles is 1. The van der Waals surface area contributed by atoms with E-state index in [1.54, 1.807) is 24.3 Å². The fraction of sp³-hybridized carbons (Fsp3) is 0.471. The van der Waals surface area contributed by atoms with Crippen LogP contribution in [0.5, 0.6) is 0 Å². The monoisotopic (exact) mass is 314 g/mol. The number of carbonyl (C=O) groups excluding carboxylic acids is 2. The van der Waals surface area contributed by atoms with E-state index in [9.17, 15) is 9.59 Å². The molecule has 0 saturated heterocycles. The lowest BCUT2D eigenvalue weighted by Crippen LogP contribution is -2.30. The minimum Gasteiger partial charge on any atom is -0.356 e. The molecule has 0 bridgehead atoms. The van der Waals surface area contributed by atoms with Crippen molar-refractivity contribution in [1.29, 1.82) is 5.26 Å². The van der Waals surface area contributed by atoms with Crippen LogP contribution in [0, 0.1) is 23.2 Å². The van der Waals surface area contributed by atoms with Gasteiger partial charge in [-0.3, -0.25) is 9.59 Å². The molecule has 1 saturated carbocycles. The Balaban J connectivity index is 1.75. The molecule has 2 atom stereocenters. The third kappa shape index (κ3) is 5.08. The lowest BCUT2D eigenvalue weighted by atomic mass is 10.2. The van der Waals surface area contributed by atoms with E-state index in [0.717, 1.165) is 13.0 Å². The Morgan fingerprint density at radius 2 is 2.04 bits per heavy atom. The number of nitrogens with one attached hydrogen (secondary N) is 2. The summed E-state index contributed by atoms with van der Waals surface area (Å²) in [5.41, 5.74) is 1.08. The number of hydrogen-bond donors (Lipinski definition) is 2. The number of nitrogens with zero attached hydrogens (tertiary/aromatic N) is 2. The van der Waals surface area contributed by atoms with Crippen molar-refractivity contribution < 1.29 is 9.59 Å². The molecule has 0 radical (unpaired) electrons. The molecule has 2 amide bonds. The number of amides is 2. The lowest BCUT2D eigenvalue weighted by Gasteiger charge is -2.10. The fourth-order valence-corrected chi connectivity index (χ4v) is 2.41. The summed E-state index contributed by atoms with van der Waals surface area (Å²) >= 11 is 0. The van der Waals surface area contributed by atoms with Crippen molar-refractivity contribution in [3.8, 4) is 6.07 Å². The van der Waals surface area contributed by atoms with Gasteiger partial charge in [-0.05, 0) is 51.7 Å². The molecule has 0 aliphatic heterocycles. The molecule has 1 aromatic rings.